The van der Waals surface area contributed by atoms with Gasteiger partial charge in [0.05, 0.1) is 0 Å². The molecule has 0 N–H and O–H groups in total. The van der Waals surface area contributed by atoms with E-state index < -0.39 is 6.03 Å². The monoisotopic (exact) mass is 174 g/mol. The first kappa shape index (κ1) is 5.53. The molecule has 0 saturated carbocycles. The summed E-state index contributed by atoms with van der Waals surface area (Å²) in [7, 11) is 0. The van der Waals surface area contributed by atoms with Gasteiger partial charge in [-0.3, -0.25) is 0 Å². The summed E-state index contributed by atoms with van der Waals surface area (Å²) in [5, 5.41) is 0. The number of rotatable bonds is 0. The predicted octanol–water partition coefficient (Wildman–Crippen LogP) is -0.397. The van der Waals surface area contributed by atoms with E-state index in [0.29, 0.717) is 0 Å². The number of hydrogen-bond acceptors (Lipinski definition) is 1. The van der Waals surface area contributed by atoms with Gasteiger partial charge in [-0.15, -0.1) is 0 Å². The molecule has 1 aliphatic heterocycles. The number of urea groups is 1. The van der Waals surface area contributed by atoms with Crippen LogP contribution < -0.4 is 0 Å². The molecule has 0 aromatic carbocycles. The van der Waals surface area contributed by atoms with Crippen LogP contribution in [0.3, 0.4) is 0 Å². The van der Waals surface area contributed by atoms with Crippen molar-refractivity contribution in [1.29, 1.82) is 0 Å². The molecule has 1 aliphatic rings. The third-order valence-corrected chi connectivity index (χ3v) is 1.05. The molecule has 1 heterocycles. The van der Waals surface area contributed by atoms with E-state index in [1.54, 1.807) is 0 Å². The Morgan fingerprint density at radius 2 is 1.88 bits per heavy atom. The Bertz CT molecular complexity index is 156. The van der Waals surface area contributed by atoms with E-state index in [2.05, 4.69) is 25.6 Å². The van der Waals surface area contributed by atoms with Crippen LogP contribution in [0.1, 0.15) is 0 Å². The molecule has 40 valence electrons. The van der Waals surface area contributed by atoms with Crippen LogP contribution in [0.15, 0.2) is 9.98 Å². The molecule has 0 radical (unpaired) electrons. The summed E-state index contributed by atoms with van der Waals surface area (Å²) in [5.74, 6) is 0. The molecule has 0 bridgehead atoms. The van der Waals surface area contributed by atoms with E-state index in [9.17, 15) is 4.79 Å². The molecule has 0 atom stereocenters. The van der Waals surface area contributed by atoms with E-state index in [4.69, 9.17) is 0 Å². The van der Waals surface area contributed by atoms with E-state index in [0.717, 1.165) is 4.42 Å². The predicted molar refractivity (Wildman–Crippen MR) is 33.1 cm³/mol. The molecule has 2 amide bonds. The van der Waals surface area contributed by atoms with Gasteiger partial charge in [-0.05, 0) is 0 Å². The maximum atomic E-state index is 10.2. The van der Waals surface area contributed by atoms with Gasteiger partial charge < -0.3 is 0 Å². The van der Waals surface area contributed by atoms with Crippen molar-refractivity contribution in [2.75, 3.05) is 0 Å². The summed E-state index contributed by atoms with van der Waals surface area (Å²) in [6, 6.07) is -0.441. The number of carbonyl (C=O) groups excluding carboxylic acids is 1. The Balaban J connectivity index is 2.83. The van der Waals surface area contributed by atoms with Gasteiger partial charge in [0.2, 0.25) is 0 Å². The second-order valence-corrected chi connectivity index (χ2v) is 2.19. The van der Waals surface area contributed by atoms with Crippen molar-refractivity contribution in [2.45, 2.75) is 0 Å². The SMILES string of the molecule is O=C1N=CC(=[Se])C=N1. The van der Waals surface area contributed by atoms with Crippen molar-refractivity contribution in [3.63, 3.8) is 0 Å². The van der Waals surface area contributed by atoms with E-state index in [1.165, 1.54) is 12.4 Å². The molecule has 0 aliphatic carbocycles. The molecule has 0 aromatic heterocycles. The Labute approximate surface area is 53.9 Å². The Morgan fingerprint density at radius 3 is 2.25 bits per heavy atom. The van der Waals surface area contributed by atoms with Crippen LogP contribution in [-0.4, -0.2) is 38.5 Å². The number of carbonyl (C=O) groups is 1. The minimum atomic E-state index is -0.441. The molecule has 3 nitrogen and oxygen atoms in total. The van der Waals surface area contributed by atoms with Crippen LogP contribution in [0.4, 0.5) is 4.79 Å². The molecule has 0 fully saturated rings. The zero-order valence-corrected chi connectivity index (χ0v) is 5.58. The molecular weight excluding hydrogens is 171 g/mol. The summed E-state index contributed by atoms with van der Waals surface area (Å²) in [5.41, 5.74) is 0. The van der Waals surface area contributed by atoms with Crippen LogP contribution in [0, 0.1) is 0 Å². The minimum absolute atomic E-state index is 0.441. The number of aliphatic imine (C=N–C) groups is 2. The molecule has 0 spiro atoms. The third-order valence-electron chi connectivity index (χ3n) is 0.604. The van der Waals surface area contributed by atoms with Gasteiger partial charge in [0.15, 0.2) is 0 Å². The molecule has 0 unspecified atom stereocenters. The molecule has 4 heteroatoms. The van der Waals surface area contributed by atoms with E-state index >= 15 is 0 Å². The summed E-state index contributed by atoms with van der Waals surface area (Å²) in [6.45, 7) is 0. The zero-order valence-electron chi connectivity index (χ0n) is 3.87. The topological polar surface area (TPSA) is 41.8 Å². The maximum absolute atomic E-state index is 10.2. The van der Waals surface area contributed by atoms with E-state index in [1.807, 2.05) is 0 Å². The van der Waals surface area contributed by atoms with Gasteiger partial charge >= 0.3 is 53.2 Å². The van der Waals surface area contributed by atoms with Crippen molar-refractivity contribution in [3.05, 3.63) is 0 Å². The fraction of sp³-hybridized carbons (Fsp3) is 0. The Morgan fingerprint density at radius 1 is 1.38 bits per heavy atom. The molecule has 8 heavy (non-hydrogen) atoms. The van der Waals surface area contributed by atoms with Crippen LogP contribution in [-0.2, 0) is 0 Å². The first-order valence-corrected chi connectivity index (χ1v) is 2.81. The van der Waals surface area contributed by atoms with Crippen molar-refractivity contribution >= 4 is 38.5 Å². The third kappa shape index (κ3) is 1.18. The second-order valence-electron chi connectivity index (χ2n) is 1.20. The fourth-order valence-corrected chi connectivity index (χ4v) is 0.526. The summed E-state index contributed by atoms with van der Waals surface area (Å²) >= 11 is 2.67. The van der Waals surface area contributed by atoms with Gasteiger partial charge in [-0.25, -0.2) is 0 Å². The fourth-order valence-electron chi connectivity index (χ4n) is 0.304. The number of hydrogen-bond donors (Lipinski definition) is 0. The van der Waals surface area contributed by atoms with Crippen LogP contribution >= 0.6 is 0 Å². The van der Waals surface area contributed by atoms with Gasteiger partial charge in [-0.1, -0.05) is 0 Å². The first-order chi connectivity index (χ1) is 3.79. The van der Waals surface area contributed by atoms with Crippen molar-refractivity contribution in [1.82, 2.24) is 0 Å². The van der Waals surface area contributed by atoms with Crippen molar-refractivity contribution in [2.24, 2.45) is 9.98 Å². The van der Waals surface area contributed by atoms with Crippen LogP contribution in [0.5, 0.6) is 0 Å². The van der Waals surface area contributed by atoms with Gasteiger partial charge in [-0.2, -0.15) is 0 Å². The molecule has 1 rings (SSSR count). The molecule has 0 saturated heterocycles. The summed E-state index contributed by atoms with van der Waals surface area (Å²) in [6.07, 6.45) is 2.88. The van der Waals surface area contributed by atoms with Crippen molar-refractivity contribution < 1.29 is 4.79 Å². The number of nitrogens with zero attached hydrogens (tertiary/aromatic N) is 2. The quantitative estimate of drug-likeness (QED) is 0.459. The summed E-state index contributed by atoms with van der Waals surface area (Å²) < 4.78 is 0.782. The van der Waals surface area contributed by atoms with Crippen LogP contribution in [0.2, 0.25) is 0 Å². The molecule has 0 aromatic rings. The average molecular weight is 173 g/mol. The molecular formula is C4H2N2OSe. The van der Waals surface area contributed by atoms with Crippen LogP contribution in [0.25, 0.3) is 0 Å². The standard InChI is InChI=1S/C4H2N2OSe/c7-4-5-1-3(8)2-6-4/h1-2H. The summed E-state index contributed by atoms with van der Waals surface area (Å²) in [4.78, 5) is 16.9. The number of amides is 2. The normalized spacial score (nSPS) is 17.5. The second kappa shape index (κ2) is 2.11. The van der Waals surface area contributed by atoms with E-state index in [-0.39, 0.29) is 0 Å². The average Bonchev–Trinajstić information content (AvgIpc) is 1.77. The zero-order chi connectivity index (χ0) is 5.98. The van der Waals surface area contributed by atoms with Crippen molar-refractivity contribution in [3.8, 4) is 0 Å². The van der Waals surface area contributed by atoms with Gasteiger partial charge in [0.25, 0.3) is 0 Å². The Hall–Kier alpha value is -0.601. The van der Waals surface area contributed by atoms with Gasteiger partial charge in [0.1, 0.15) is 0 Å². The van der Waals surface area contributed by atoms with Gasteiger partial charge in [0, 0.05) is 0 Å². The Kier molecular flexibility index (Phi) is 1.46. The first-order valence-electron chi connectivity index (χ1n) is 1.95.